The first-order valence-electron chi connectivity index (χ1n) is 8.94. The molecule has 2 aromatic rings. The SMILES string of the molecule is Cc1ncsc1CN1CCC(Cc2ccc(CN(C)C)cc2)CC1. The van der Waals surface area contributed by atoms with Crippen LogP contribution in [0.25, 0.3) is 0 Å². The predicted molar refractivity (Wildman–Crippen MR) is 102 cm³/mol. The normalized spacial score (nSPS) is 16.8. The average Bonchev–Trinajstić information content (AvgIpc) is 2.96. The van der Waals surface area contributed by atoms with Crippen molar-refractivity contribution in [3.8, 4) is 0 Å². The van der Waals surface area contributed by atoms with E-state index in [1.54, 1.807) is 11.3 Å². The largest absolute Gasteiger partial charge is 0.305 e. The van der Waals surface area contributed by atoms with Gasteiger partial charge in [0.2, 0.25) is 0 Å². The quantitative estimate of drug-likeness (QED) is 0.791. The van der Waals surface area contributed by atoms with Crippen LogP contribution in [0.3, 0.4) is 0 Å². The number of aryl methyl sites for hydroxylation is 1. The molecule has 0 spiro atoms. The standard InChI is InChI=1S/C20H29N3S/c1-16-20(24-15-21-16)14-23-10-8-18(9-11-23)12-17-4-6-19(7-5-17)13-22(2)3/h4-7,15,18H,8-14H2,1-3H3. The Morgan fingerprint density at radius 3 is 2.38 bits per heavy atom. The fraction of sp³-hybridized carbons (Fsp3) is 0.550. The van der Waals surface area contributed by atoms with Crippen LogP contribution in [0.15, 0.2) is 29.8 Å². The molecular formula is C20H29N3S. The summed E-state index contributed by atoms with van der Waals surface area (Å²) in [4.78, 5) is 10.6. The summed E-state index contributed by atoms with van der Waals surface area (Å²) in [7, 11) is 4.24. The van der Waals surface area contributed by atoms with Gasteiger partial charge in [-0.3, -0.25) is 4.90 Å². The minimum Gasteiger partial charge on any atom is -0.305 e. The van der Waals surface area contributed by atoms with Gasteiger partial charge in [0, 0.05) is 18.0 Å². The van der Waals surface area contributed by atoms with Crippen LogP contribution in [0.2, 0.25) is 0 Å². The average molecular weight is 344 g/mol. The number of nitrogens with zero attached hydrogens (tertiary/aromatic N) is 3. The third kappa shape index (κ3) is 4.88. The van der Waals surface area contributed by atoms with Gasteiger partial charge in [-0.15, -0.1) is 11.3 Å². The van der Waals surface area contributed by atoms with E-state index >= 15 is 0 Å². The van der Waals surface area contributed by atoms with Gasteiger partial charge >= 0.3 is 0 Å². The molecule has 0 saturated carbocycles. The molecule has 130 valence electrons. The van der Waals surface area contributed by atoms with Crippen molar-refractivity contribution in [3.05, 3.63) is 51.5 Å². The summed E-state index contributed by atoms with van der Waals surface area (Å²) in [6.45, 7) is 6.68. The first-order chi connectivity index (χ1) is 11.6. The van der Waals surface area contributed by atoms with E-state index in [-0.39, 0.29) is 0 Å². The predicted octanol–water partition coefficient (Wildman–Crippen LogP) is 3.97. The number of benzene rings is 1. The van der Waals surface area contributed by atoms with Crippen molar-refractivity contribution in [3.63, 3.8) is 0 Å². The highest BCUT2D eigenvalue weighted by Crippen LogP contribution is 2.24. The molecule has 0 atom stereocenters. The van der Waals surface area contributed by atoms with Crippen LogP contribution in [-0.4, -0.2) is 42.0 Å². The van der Waals surface area contributed by atoms with Gasteiger partial charge < -0.3 is 4.90 Å². The second-order valence-corrected chi connectivity index (χ2v) is 8.28. The molecule has 2 heterocycles. The molecule has 0 radical (unpaired) electrons. The van der Waals surface area contributed by atoms with Crippen molar-refractivity contribution in [1.82, 2.24) is 14.8 Å². The third-order valence-corrected chi connectivity index (χ3v) is 5.89. The molecule has 3 nitrogen and oxygen atoms in total. The summed E-state index contributed by atoms with van der Waals surface area (Å²) in [5, 5.41) is 0. The number of rotatable bonds is 6. The maximum absolute atomic E-state index is 4.37. The fourth-order valence-corrected chi connectivity index (χ4v) is 4.33. The van der Waals surface area contributed by atoms with Crippen LogP contribution in [0.5, 0.6) is 0 Å². The van der Waals surface area contributed by atoms with Gasteiger partial charge in [0.25, 0.3) is 0 Å². The fourth-order valence-electron chi connectivity index (χ4n) is 3.51. The smallest absolute Gasteiger partial charge is 0.0798 e. The molecule has 1 saturated heterocycles. The number of aromatic nitrogens is 1. The Bertz CT molecular complexity index is 625. The van der Waals surface area contributed by atoms with Crippen molar-refractivity contribution in [2.24, 2.45) is 5.92 Å². The van der Waals surface area contributed by atoms with Crippen LogP contribution in [0.1, 0.15) is 34.5 Å². The van der Waals surface area contributed by atoms with E-state index in [9.17, 15) is 0 Å². The minimum atomic E-state index is 0.837. The summed E-state index contributed by atoms with van der Waals surface area (Å²) < 4.78 is 0. The van der Waals surface area contributed by atoms with E-state index in [0.29, 0.717) is 0 Å². The van der Waals surface area contributed by atoms with Gasteiger partial charge in [0.15, 0.2) is 0 Å². The molecule has 0 N–H and O–H groups in total. The van der Waals surface area contributed by atoms with Crippen molar-refractivity contribution in [2.45, 2.75) is 39.3 Å². The lowest BCUT2D eigenvalue weighted by molar-refractivity contribution is 0.178. The molecule has 1 aliphatic heterocycles. The summed E-state index contributed by atoms with van der Waals surface area (Å²) in [5.74, 6) is 0.837. The van der Waals surface area contributed by atoms with E-state index in [1.165, 1.54) is 54.0 Å². The zero-order chi connectivity index (χ0) is 16.9. The van der Waals surface area contributed by atoms with Crippen molar-refractivity contribution < 1.29 is 0 Å². The Labute approximate surface area is 150 Å². The summed E-state index contributed by atoms with van der Waals surface area (Å²) >= 11 is 1.80. The van der Waals surface area contributed by atoms with Gasteiger partial charge in [-0.25, -0.2) is 4.98 Å². The van der Waals surface area contributed by atoms with Gasteiger partial charge in [-0.1, -0.05) is 24.3 Å². The number of thiazole rings is 1. The number of hydrogen-bond acceptors (Lipinski definition) is 4. The Hall–Kier alpha value is -1.23. The molecule has 0 aliphatic carbocycles. The molecule has 1 aliphatic rings. The number of likely N-dealkylation sites (tertiary alicyclic amines) is 1. The first-order valence-corrected chi connectivity index (χ1v) is 9.82. The second kappa shape index (κ2) is 8.24. The zero-order valence-corrected chi connectivity index (χ0v) is 16.0. The van der Waals surface area contributed by atoms with Crippen molar-refractivity contribution in [2.75, 3.05) is 27.2 Å². The highest BCUT2D eigenvalue weighted by molar-refractivity contribution is 7.09. The highest BCUT2D eigenvalue weighted by atomic mass is 32.1. The van der Waals surface area contributed by atoms with Crippen LogP contribution in [0, 0.1) is 12.8 Å². The maximum Gasteiger partial charge on any atom is 0.0798 e. The molecule has 4 heteroatoms. The molecule has 0 bridgehead atoms. The van der Waals surface area contributed by atoms with Crippen LogP contribution < -0.4 is 0 Å². The summed E-state index contributed by atoms with van der Waals surface area (Å²) in [6.07, 6.45) is 3.87. The minimum absolute atomic E-state index is 0.837. The summed E-state index contributed by atoms with van der Waals surface area (Å²) in [6, 6.07) is 9.23. The Kier molecular flexibility index (Phi) is 6.04. The van der Waals surface area contributed by atoms with E-state index in [2.05, 4.69) is 60.1 Å². The molecule has 3 rings (SSSR count). The van der Waals surface area contributed by atoms with Gasteiger partial charge in [-0.05, 0) is 70.4 Å². The maximum atomic E-state index is 4.37. The number of piperidine rings is 1. The van der Waals surface area contributed by atoms with Crippen LogP contribution in [-0.2, 0) is 19.5 Å². The Morgan fingerprint density at radius 2 is 1.79 bits per heavy atom. The first kappa shape index (κ1) is 17.6. The molecule has 0 amide bonds. The van der Waals surface area contributed by atoms with Gasteiger partial charge in [0.1, 0.15) is 0 Å². The lowest BCUT2D eigenvalue weighted by Crippen LogP contribution is -2.33. The molecule has 1 fully saturated rings. The second-order valence-electron chi connectivity index (χ2n) is 7.34. The van der Waals surface area contributed by atoms with Crippen molar-refractivity contribution >= 4 is 11.3 Å². The molecule has 1 aromatic heterocycles. The lowest BCUT2D eigenvalue weighted by atomic mass is 9.90. The van der Waals surface area contributed by atoms with Crippen molar-refractivity contribution in [1.29, 1.82) is 0 Å². The summed E-state index contributed by atoms with van der Waals surface area (Å²) in [5.41, 5.74) is 6.07. The Balaban J connectivity index is 1.46. The molecule has 24 heavy (non-hydrogen) atoms. The van der Waals surface area contributed by atoms with E-state index in [4.69, 9.17) is 0 Å². The Morgan fingerprint density at radius 1 is 1.12 bits per heavy atom. The topological polar surface area (TPSA) is 19.4 Å². The van der Waals surface area contributed by atoms with Gasteiger partial charge in [0.05, 0.1) is 11.2 Å². The third-order valence-electron chi connectivity index (χ3n) is 4.97. The van der Waals surface area contributed by atoms with E-state index in [1.807, 2.05) is 5.51 Å². The zero-order valence-electron chi connectivity index (χ0n) is 15.2. The molecular weight excluding hydrogens is 314 g/mol. The highest BCUT2D eigenvalue weighted by Gasteiger charge is 2.20. The monoisotopic (exact) mass is 343 g/mol. The van der Waals surface area contributed by atoms with Crippen LogP contribution in [0.4, 0.5) is 0 Å². The van der Waals surface area contributed by atoms with Gasteiger partial charge in [-0.2, -0.15) is 0 Å². The molecule has 0 unspecified atom stereocenters. The van der Waals surface area contributed by atoms with Crippen LogP contribution >= 0.6 is 11.3 Å². The van der Waals surface area contributed by atoms with E-state index in [0.717, 1.165) is 19.0 Å². The number of hydrogen-bond donors (Lipinski definition) is 0. The van der Waals surface area contributed by atoms with E-state index < -0.39 is 0 Å². The lowest BCUT2D eigenvalue weighted by Gasteiger charge is -2.31. The molecule has 1 aromatic carbocycles.